The van der Waals surface area contributed by atoms with Crippen LogP contribution < -0.4 is 19.8 Å². The van der Waals surface area contributed by atoms with Gasteiger partial charge >= 0.3 is 5.97 Å². The number of hydrogen-bond donors (Lipinski definition) is 2. The molecule has 0 fully saturated rings. The molecule has 0 saturated heterocycles. The van der Waals surface area contributed by atoms with Gasteiger partial charge in [-0.15, -0.1) is 0 Å². The topological polar surface area (TPSA) is 103 Å². The lowest BCUT2D eigenvalue weighted by Gasteiger charge is -2.18. The Labute approximate surface area is 185 Å². The number of methoxy groups -OCH3 is 3. The molecule has 1 atom stereocenters. The van der Waals surface area contributed by atoms with Gasteiger partial charge in [0.15, 0.2) is 11.5 Å². The molecule has 2 aromatic carbocycles. The van der Waals surface area contributed by atoms with E-state index >= 15 is 0 Å². The molecule has 2 heterocycles. The van der Waals surface area contributed by atoms with Gasteiger partial charge in [-0.1, -0.05) is 18.2 Å². The number of H-pyrrole nitrogens is 2. The largest absolute Gasteiger partial charge is 0.493 e. The van der Waals surface area contributed by atoms with Crippen molar-refractivity contribution in [3.8, 4) is 17.2 Å². The van der Waals surface area contributed by atoms with E-state index in [0.29, 0.717) is 30.1 Å². The van der Waals surface area contributed by atoms with Gasteiger partial charge in [-0.05, 0) is 34.9 Å². The summed E-state index contributed by atoms with van der Waals surface area (Å²) in [6, 6.07) is 11.4. The van der Waals surface area contributed by atoms with Crippen LogP contribution in [0.3, 0.4) is 0 Å². The molecule has 1 aliphatic rings. The molecule has 0 spiro atoms. The fraction of sp³-hybridized carbons (Fsp3) is 0.333. The molecule has 0 saturated carbocycles. The summed E-state index contributed by atoms with van der Waals surface area (Å²) in [4.78, 5) is 25.1. The molecule has 3 aromatic rings. The Hall–Kier alpha value is -3.68. The van der Waals surface area contributed by atoms with Gasteiger partial charge in [0.1, 0.15) is 5.75 Å². The van der Waals surface area contributed by atoms with Crippen LogP contribution in [-0.2, 0) is 22.4 Å². The molecule has 1 aliphatic heterocycles. The van der Waals surface area contributed by atoms with E-state index in [4.69, 9.17) is 18.9 Å². The third kappa shape index (κ3) is 4.21. The van der Waals surface area contributed by atoms with Crippen LogP contribution in [0.1, 0.15) is 40.3 Å². The molecule has 0 amide bonds. The zero-order valence-electron chi connectivity index (χ0n) is 18.3. The van der Waals surface area contributed by atoms with E-state index in [0.717, 1.165) is 34.6 Å². The van der Waals surface area contributed by atoms with Gasteiger partial charge in [-0.25, -0.2) is 0 Å². The average Bonchev–Trinajstić information content (AvgIpc) is 3.43. The summed E-state index contributed by atoms with van der Waals surface area (Å²) >= 11 is 0. The van der Waals surface area contributed by atoms with Gasteiger partial charge in [-0.3, -0.25) is 14.7 Å². The van der Waals surface area contributed by atoms with Gasteiger partial charge in [0.25, 0.3) is 5.56 Å². The molecule has 0 aliphatic carbocycles. The first-order chi connectivity index (χ1) is 15.5. The molecule has 0 bridgehead atoms. The highest BCUT2D eigenvalue weighted by molar-refractivity contribution is 5.71. The van der Waals surface area contributed by atoms with Crippen molar-refractivity contribution in [3.63, 3.8) is 0 Å². The maximum atomic E-state index is 12.9. The molecule has 0 radical (unpaired) electrons. The third-order valence-electron chi connectivity index (χ3n) is 5.79. The highest BCUT2D eigenvalue weighted by Crippen LogP contribution is 2.36. The Morgan fingerprint density at radius 2 is 1.88 bits per heavy atom. The van der Waals surface area contributed by atoms with E-state index in [2.05, 4.69) is 16.3 Å². The van der Waals surface area contributed by atoms with Crippen LogP contribution in [0.15, 0.2) is 41.2 Å². The Bertz CT molecular complexity index is 1180. The monoisotopic (exact) mass is 438 g/mol. The van der Waals surface area contributed by atoms with Crippen molar-refractivity contribution in [3.05, 3.63) is 74.7 Å². The first kappa shape index (κ1) is 21.5. The van der Waals surface area contributed by atoms with E-state index in [1.807, 2.05) is 18.2 Å². The van der Waals surface area contributed by atoms with E-state index in [1.165, 1.54) is 7.11 Å². The first-order valence-corrected chi connectivity index (χ1v) is 10.4. The standard InChI is InChI=1S/C24H26N2O6/c1-29-20-7-5-15(12-21(20)30-2)17(13-22(27)31-3)23-18(25-26-24(23)28)11-14-4-6-19-16(10-14)8-9-32-19/h4-7,10,12,17H,8-9,11,13H2,1-3H3,(H2,25,26,28)/t17-/m0/s1. The number of nitrogens with one attached hydrogen (secondary N) is 2. The Morgan fingerprint density at radius 1 is 1.06 bits per heavy atom. The predicted molar refractivity (Wildman–Crippen MR) is 118 cm³/mol. The minimum atomic E-state index is -0.523. The second-order valence-electron chi connectivity index (χ2n) is 7.64. The Kier molecular flexibility index (Phi) is 6.20. The van der Waals surface area contributed by atoms with Gasteiger partial charge in [0, 0.05) is 30.0 Å². The minimum Gasteiger partial charge on any atom is -0.493 e. The zero-order chi connectivity index (χ0) is 22.7. The summed E-state index contributed by atoms with van der Waals surface area (Å²) in [6.07, 6.45) is 1.39. The number of rotatable bonds is 8. The van der Waals surface area contributed by atoms with Crippen LogP contribution in [0.25, 0.3) is 0 Å². The number of aromatic amines is 2. The van der Waals surface area contributed by atoms with Crippen molar-refractivity contribution < 1.29 is 23.7 Å². The van der Waals surface area contributed by atoms with E-state index in [1.54, 1.807) is 26.4 Å². The molecule has 4 rings (SSSR count). The number of esters is 1. The number of benzene rings is 2. The quantitative estimate of drug-likeness (QED) is 0.524. The maximum absolute atomic E-state index is 12.9. The molecule has 8 nitrogen and oxygen atoms in total. The molecule has 1 aromatic heterocycles. The number of carbonyl (C=O) groups is 1. The number of ether oxygens (including phenoxy) is 4. The summed E-state index contributed by atoms with van der Waals surface area (Å²) in [5.41, 5.74) is 3.91. The fourth-order valence-electron chi connectivity index (χ4n) is 4.17. The normalized spacial score (nSPS) is 13.2. The molecule has 168 valence electrons. The lowest BCUT2D eigenvalue weighted by Crippen LogP contribution is -2.18. The summed E-state index contributed by atoms with van der Waals surface area (Å²) in [6.45, 7) is 0.686. The lowest BCUT2D eigenvalue weighted by atomic mass is 9.87. The maximum Gasteiger partial charge on any atom is 0.306 e. The zero-order valence-corrected chi connectivity index (χ0v) is 18.3. The van der Waals surface area contributed by atoms with E-state index in [-0.39, 0.29) is 12.0 Å². The van der Waals surface area contributed by atoms with Crippen molar-refractivity contribution in [1.29, 1.82) is 0 Å². The van der Waals surface area contributed by atoms with Crippen molar-refractivity contribution in [2.45, 2.75) is 25.2 Å². The van der Waals surface area contributed by atoms with Crippen molar-refractivity contribution >= 4 is 5.97 Å². The van der Waals surface area contributed by atoms with Gasteiger partial charge < -0.3 is 24.0 Å². The van der Waals surface area contributed by atoms with Crippen molar-refractivity contribution in [2.75, 3.05) is 27.9 Å². The summed E-state index contributed by atoms with van der Waals surface area (Å²) in [5, 5.41) is 5.70. The molecule has 32 heavy (non-hydrogen) atoms. The average molecular weight is 438 g/mol. The van der Waals surface area contributed by atoms with Crippen LogP contribution in [0, 0.1) is 0 Å². The second-order valence-corrected chi connectivity index (χ2v) is 7.64. The summed E-state index contributed by atoms with van der Waals surface area (Å²) < 4.78 is 21.3. The molecular weight excluding hydrogens is 412 g/mol. The summed E-state index contributed by atoms with van der Waals surface area (Å²) in [5.74, 6) is 1.06. The van der Waals surface area contributed by atoms with Crippen LogP contribution in [0.5, 0.6) is 17.2 Å². The van der Waals surface area contributed by atoms with Crippen LogP contribution >= 0.6 is 0 Å². The number of carbonyl (C=O) groups excluding carboxylic acids is 1. The number of fused-ring (bicyclic) bond motifs is 1. The third-order valence-corrected chi connectivity index (χ3v) is 5.79. The molecule has 8 heteroatoms. The van der Waals surface area contributed by atoms with Gasteiger partial charge in [0.05, 0.1) is 34.4 Å². The van der Waals surface area contributed by atoms with Crippen molar-refractivity contribution in [1.82, 2.24) is 10.2 Å². The van der Waals surface area contributed by atoms with Crippen molar-refractivity contribution in [2.24, 2.45) is 0 Å². The highest BCUT2D eigenvalue weighted by Gasteiger charge is 2.27. The van der Waals surface area contributed by atoms with E-state index < -0.39 is 11.9 Å². The predicted octanol–water partition coefficient (Wildman–Crippen LogP) is 2.94. The number of hydrogen-bond acceptors (Lipinski definition) is 6. The second kappa shape index (κ2) is 9.21. The Morgan fingerprint density at radius 3 is 2.62 bits per heavy atom. The van der Waals surface area contributed by atoms with Crippen LogP contribution in [-0.4, -0.2) is 44.1 Å². The first-order valence-electron chi connectivity index (χ1n) is 10.4. The van der Waals surface area contributed by atoms with Gasteiger partial charge in [0.2, 0.25) is 0 Å². The van der Waals surface area contributed by atoms with Crippen LogP contribution in [0.2, 0.25) is 0 Å². The van der Waals surface area contributed by atoms with Crippen LogP contribution in [0.4, 0.5) is 0 Å². The fourth-order valence-corrected chi connectivity index (χ4v) is 4.17. The molecule has 0 unspecified atom stereocenters. The highest BCUT2D eigenvalue weighted by atomic mass is 16.5. The SMILES string of the molecule is COC(=O)C[C@@H](c1ccc(OC)c(OC)c1)c1c(Cc2ccc3c(c2)CCO3)[nH][nH]c1=O. The van der Waals surface area contributed by atoms with E-state index in [9.17, 15) is 9.59 Å². The lowest BCUT2D eigenvalue weighted by molar-refractivity contribution is -0.140. The minimum absolute atomic E-state index is 0.0118. The van der Waals surface area contributed by atoms with Gasteiger partial charge in [-0.2, -0.15) is 0 Å². The molecular formula is C24H26N2O6. The summed E-state index contributed by atoms with van der Waals surface area (Å²) in [7, 11) is 4.44. The Balaban J connectivity index is 1.74. The molecule has 2 N–H and O–H groups in total. The smallest absolute Gasteiger partial charge is 0.306 e. The number of aromatic nitrogens is 2.